The van der Waals surface area contributed by atoms with Crippen LogP contribution in [0.15, 0.2) is 12.1 Å². The lowest BCUT2D eigenvalue weighted by Crippen LogP contribution is -2.25. The summed E-state index contributed by atoms with van der Waals surface area (Å²) >= 11 is 5.90. The van der Waals surface area contributed by atoms with Gasteiger partial charge in [-0.05, 0) is 31.9 Å². The van der Waals surface area contributed by atoms with Crippen molar-refractivity contribution in [2.75, 3.05) is 0 Å². The fraction of sp³-hybridized carbons (Fsp3) is 0.571. The zero-order chi connectivity index (χ0) is 14.3. The van der Waals surface area contributed by atoms with E-state index >= 15 is 0 Å². The molecule has 2 rings (SSSR count). The molecule has 2 nitrogen and oxygen atoms in total. The molecule has 1 aliphatic heterocycles. The third-order valence-electron chi connectivity index (χ3n) is 4.04. The second kappa shape index (κ2) is 5.35. The van der Waals surface area contributed by atoms with Gasteiger partial charge in [0.15, 0.2) is 11.6 Å². The zero-order valence-corrected chi connectivity index (χ0v) is 11.8. The first-order valence-corrected chi connectivity index (χ1v) is 6.68. The highest BCUT2D eigenvalue weighted by molar-refractivity contribution is 6.31. The van der Waals surface area contributed by atoms with Crippen molar-refractivity contribution in [2.24, 2.45) is 11.8 Å². The lowest BCUT2D eigenvalue weighted by molar-refractivity contribution is 0.0230. The van der Waals surface area contributed by atoms with E-state index in [0.29, 0.717) is 0 Å². The summed E-state index contributed by atoms with van der Waals surface area (Å²) in [7, 11) is 0. The van der Waals surface area contributed by atoms with Crippen LogP contribution in [-0.2, 0) is 4.74 Å². The van der Waals surface area contributed by atoms with Crippen LogP contribution in [0.2, 0.25) is 5.02 Å². The molecule has 1 fully saturated rings. The molecule has 0 radical (unpaired) electrons. The fourth-order valence-electron chi connectivity index (χ4n) is 2.81. The Morgan fingerprint density at radius 1 is 1.16 bits per heavy atom. The molecule has 0 bridgehead atoms. The van der Waals surface area contributed by atoms with Gasteiger partial charge in [-0.15, -0.1) is 0 Å². The number of benzene rings is 1. The Balaban J connectivity index is 2.34. The molecule has 1 N–H and O–H groups in total. The predicted molar refractivity (Wildman–Crippen MR) is 69.0 cm³/mol. The molecule has 5 heteroatoms. The number of ether oxygens (including phenoxy) is 1. The van der Waals surface area contributed by atoms with Crippen LogP contribution >= 0.6 is 11.6 Å². The summed E-state index contributed by atoms with van der Waals surface area (Å²) in [4.78, 5) is 0. The van der Waals surface area contributed by atoms with Gasteiger partial charge < -0.3 is 9.84 Å². The number of hydrogen-bond donors (Lipinski definition) is 1. The molecule has 5 atom stereocenters. The Kier molecular flexibility index (Phi) is 4.14. The highest BCUT2D eigenvalue weighted by Crippen LogP contribution is 2.42. The van der Waals surface area contributed by atoms with Gasteiger partial charge in [0, 0.05) is 16.5 Å². The molecular formula is C14H17ClF2O2. The van der Waals surface area contributed by atoms with Crippen LogP contribution in [0.1, 0.15) is 32.4 Å². The van der Waals surface area contributed by atoms with Crippen molar-refractivity contribution in [1.29, 1.82) is 0 Å². The van der Waals surface area contributed by atoms with Crippen molar-refractivity contribution < 1.29 is 18.6 Å². The van der Waals surface area contributed by atoms with Crippen molar-refractivity contribution in [2.45, 2.75) is 39.1 Å². The van der Waals surface area contributed by atoms with E-state index in [9.17, 15) is 13.9 Å². The summed E-state index contributed by atoms with van der Waals surface area (Å²) in [5.74, 6) is -2.12. The van der Waals surface area contributed by atoms with E-state index in [1.165, 1.54) is 0 Å². The summed E-state index contributed by atoms with van der Waals surface area (Å²) in [5.41, 5.74) is 0.210. The third-order valence-corrected chi connectivity index (χ3v) is 4.37. The molecule has 0 spiro atoms. The van der Waals surface area contributed by atoms with E-state index in [2.05, 4.69) is 0 Å². The average Bonchev–Trinajstić information content (AvgIpc) is 2.57. The Morgan fingerprint density at radius 2 is 1.74 bits per heavy atom. The summed E-state index contributed by atoms with van der Waals surface area (Å²) < 4.78 is 32.0. The first kappa shape index (κ1) is 14.7. The lowest BCUT2D eigenvalue weighted by Gasteiger charge is -2.25. The van der Waals surface area contributed by atoms with Crippen molar-refractivity contribution in [3.05, 3.63) is 34.4 Å². The van der Waals surface area contributed by atoms with Gasteiger partial charge in [0.2, 0.25) is 0 Å². The van der Waals surface area contributed by atoms with Gasteiger partial charge in [-0.25, -0.2) is 8.78 Å². The topological polar surface area (TPSA) is 29.5 Å². The van der Waals surface area contributed by atoms with Gasteiger partial charge >= 0.3 is 0 Å². The standard InChI is InChI=1S/C14H17ClF2O2/c1-6-7(2)19-8(3)13(6)14(18)9-4-11(16)12(17)5-10(9)15/h4-8,13-14,18H,1-3H3. The molecular weight excluding hydrogens is 274 g/mol. The molecule has 0 aliphatic carbocycles. The Hall–Kier alpha value is -0.710. The van der Waals surface area contributed by atoms with Crippen LogP contribution < -0.4 is 0 Å². The van der Waals surface area contributed by atoms with Gasteiger partial charge in [-0.1, -0.05) is 18.5 Å². The number of rotatable bonds is 2. The van der Waals surface area contributed by atoms with Crippen molar-refractivity contribution >= 4 is 11.6 Å². The van der Waals surface area contributed by atoms with E-state index in [-0.39, 0.29) is 34.6 Å². The molecule has 1 saturated heterocycles. The van der Waals surface area contributed by atoms with Crippen LogP contribution in [0.4, 0.5) is 8.78 Å². The molecule has 1 aromatic carbocycles. The fourth-order valence-corrected chi connectivity index (χ4v) is 3.07. The first-order valence-electron chi connectivity index (χ1n) is 6.31. The van der Waals surface area contributed by atoms with Gasteiger partial charge in [-0.2, -0.15) is 0 Å². The van der Waals surface area contributed by atoms with Gasteiger partial charge in [0.25, 0.3) is 0 Å². The quantitative estimate of drug-likeness (QED) is 0.841. The number of aliphatic hydroxyl groups excluding tert-OH is 1. The van der Waals surface area contributed by atoms with E-state index in [1.807, 2.05) is 20.8 Å². The summed E-state index contributed by atoms with van der Waals surface area (Å²) in [5, 5.41) is 10.5. The number of hydrogen-bond acceptors (Lipinski definition) is 2. The molecule has 1 aromatic rings. The second-order valence-corrected chi connectivity index (χ2v) is 5.62. The van der Waals surface area contributed by atoms with E-state index in [1.54, 1.807) is 0 Å². The molecule has 0 aromatic heterocycles. The smallest absolute Gasteiger partial charge is 0.160 e. The van der Waals surface area contributed by atoms with Gasteiger partial charge in [0.05, 0.1) is 18.3 Å². The van der Waals surface area contributed by atoms with E-state index in [0.717, 1.165) is 12.1 Å². The highest BCUT2D eigenvalue weighted by atomic mass is 35.5. The Morgan fingerprint density at radius 3 is 2.26 bits per heavy atom. The zero-order valence-electron chi connectivity index (χ0n) is 11.0. The molecule has 0 saturated carbocycles. The Labute approximate surface area is 116 Å². The van der Waals surface area contributed by atoms with Crippen LogP contribution in [-0.4, -0.2) is 17.3 Å². The summed E-state index contributed by atoms with van der Waals surface area (Å²) in [6.07, 6.45) is -1.12. The minimum Gasteiger partial charge on any atom is -0.388 e. The van der Waals surface area contributed by atoms with E-state index in [4.69, 9.17) is 16.3 Å². The molecule has 5 unspecified atom stereocenters. The minimum atomic E-state index is -1.02. The van der Waals surface area contributed by atoms with Crippen molar-refractivity contribution in [1.82, 2.24) is 0 Å². The molecule has 0 amide bonds. The molecule has 19 heavy (non-hydrogen) atoms. The molecule has 1 heterocycles. The highest BCUT2D eigenvalue weighted by Gasteiger charge is 2.42. The average molecular weight is 291 g/mol. The van der Waals surface area contributed by atoms with Crippen LogP contribution in [0.25, 0.3) is 0 Å². The summed E-state index contributed by atoms with van der Waals surface area (Å²) in [6.45, 7) is 5.76. The largest absolute Gasteiger partial charge is 0.388 e. The normalized spacial score (nSPS) is 32.6. The van der Waals surface area contributed by atoms with Gasteiger partial charge in [0.1, 0.15) is 0 Å². The second-order valence-electron chi connectivity index (χ2n) is 5.22. The maximum Gasteiger partial charge on any atom is 0.160 e. The number of aliphatic hydroxyl groups is 1. The monoisotopic (exact) mass is 290 g/mol. The van der Waals surface area contributed by atoms with E-state index < -0.39 is 17.7 Å². The maximum absolute atomic E-state index is 13.3. The number of halogens is 3. The Bertz CT molecular complexity index is 481. The first-order chi connectivity index (χ1) is 8.82. The van der Waals surface area contributed by atoms with Crippen LogP contribution in [0, 0.1) is 23.5 Å². The van der Waals surface area contributed by atoms with Gasteiger partial charge in [-0.3, -0.25) is 0 Å². The van der Waals surface area contributed by atoms with Crippen LogP contribution in [0.5, 0.6) is 0 Å². The van der Waals surface area contributed by atoms with Crippen LogP contribution in [0.3, 0.4) is 0 Å². The minimum absolute atomic E-state index is 0.0127. The molecule has 106 valence electrons. The third kappa shape index (κ3) is 2.62. The van der Waals surface area contributed by atoms with Crippen molar-refractivity contribution in [3.63, 3.8) is 0 Å². The summed E-state index contributed by atoms with van der Waals surface area (Å²) in [6, 6.07) is 1.86. The predicted octanol–water partition coefficient (Wildman–Crippen LogP) is 3.71. The lowest BCUT2D eigenvalue weighted by atomic mass is 9.82. The maximum atomic E-state index is 13.3. The molecule has 1 aliphatic rings. The SMILES string of the molecule is CC1OC(C)C(C(O)c2cc(F)c(F)cc2Cl)C1C. The van der Waals surface area contributed by atoms with Crippen molar-refractivity contribution in [3.8, 4) is 0 Å².